The number of thiocarbonyl (C=S) groups is 1. The number of likely N-dealkylation sites (N-methyl/N-ethyl adjacent to an activating group) is 1. The molecule has 0 aromatic heterocycles. The fourth-order valence-corrected chi connectivity index (χ4v) is 1.82. The first-order valence-corrected chi connectivity index (χ1v) is 6.25. The number of rotatable bonds is 2. The van der Waals surface area contributed by atoms with Gasteiger partial charge in [0.25, 0.3) is 0 Å². The van der Waals surface area contributed by atoms with Gasteiger partial charge in [0.2, 0.25) is 0 Å². The lowest BCUT2D eigenvalue weighted by molar-refractivity contribution is 0.0838. The molecule has 1 heterocycles. The topological polar surface area (TPSA) is 76.8 Å². The summed E-state index contributed by atoms with van der Waals surface area (Å²) in [6.07, 6.45) is 0.0958. The maximum absolute atomic E-state index is 11.8. The first kappa shape index (κ1) is 14.7. The van der Waals surface area contributed by atoms with Gasteiger partial charge in [-0.2, -0.15) is 0 Å². The first-order chi connectivity index (χ1) is 8.61. The summed E-state index contributed by atoms with van der Waals surface area (Å²) in [5, 5.41) is 2.86. The van der Waals surface area contributed by atoms with E-state index in [4.69, 9.17) is 27.4 Å². The predicted molar refractivity (Wildman–Crippen MR) is 72.0 cm³/mol. The number of carbonyl (C=O) groups is 1. The molecule has 0 radical (unpaired) electrons. The average Bonchev–Trinajstić information content (AvgIpc) is 2.34. The molecule has 1 amide bonds. The number of hydrogen-bond donors (Lipinski definition) is 2. The largest absolute Gasteiger partial charge is 0.449 e. The quantitative estimate of drug-likeness (QED) is 0.717. The Bertz CT molecular complexity index is 357. The van der Waals surface area contributed by atoms with Gasteiger partial charge in [-0.15, -0.1) is 0 Å². The Morgan fingerprint density at radius 1 is 1.61 bits per heavy atom. The van der Waals surface area contributed by atoms with Gasteiger partial charge in [0.05, 0.1) is 26.4 Å². The van der Waals surface area contributed by atoms with Crippen molar-refractivity contribution in [2.75, 3.05) is 33.4 Å². The van der Waals surface area contributed by atoms with Gasteiger partial charge in [0.1, 0.15) is 10.8 Å². The third-order valence-corrected chi connectivity index (χ3v) is 3.00. The summed E-state index contributed by atoms with van der Waals surface area (Å²) in [7, 11) is 1.72. The summed E-state index contributed by atoms with van der Waals surface area (Å²) in [5.41, 5.74) is 6.73. The molecule has 0 fully saturated rings. The summed E-state index contributed by atoms with van der Waals surface area (Å²) < 4.78 is 10.3. The van der Waals surface area contributed by atoms with Gasteiger partial charge in [0.15, 0.2) is 0 Å². The minimum absolute atomic E-state index is 0.301. The molecule has 1 aliphatic heterocycles. The van der Waals surface area contributed by atoms with Crippen molar-refractivity contribution in [1.82, 2.24) is 10.2 Å². The number of amides is 1. The van der Waals surface area contributed by atoms with E-state index in [0.29, 0.717) is 49.2 Å². The van der Waals surface area contributed by atoms with Crippen molar-refractivity contribution in [2.45, 2.75) is 13.3 Å². The highest BCUT2D eigenvalue weighted by atomic mass is 32.1. The summed E-state index contributed by atoms with van der Waals surface area (Å²) in [5.74, 6) is 0.344. The molecule has 7 heteroatoms. The van der Waals surface area contributed by atoms with Crippen LogP contribution in [0.25, 0.3) is 0 Å². The highest BCUT2D eigenvalue weighted by molar-refractivity contribution is 7.80. The van der Waals surface area contributed by atoms with Gasteiger partial charge < -0.3 is 20.5 Å². The van der Waals surface area contributed by atoms with Crippen LogP contribution < -0.4 is 11.1 Å². The molecule has 0 saturated carbocycles. The van der Waals surface area contributed by atoms with Gasteiger partial charge in [-0.25, -0.2) is 4.79 Å². The second-order valence-electron chi connectivity index (χ2n) is 3.66. The molecular weight excluding hydrogens is 254 g/mol. The lowest BCUT2D eigenvalue weighted by Gasteiger charge is -2.27. The number of nitrogens with two attached hydrogens (primary N) is 1. The van der Waals surface area contributed by atoms with Crippen LogP contribution in [-0.2, 0) is 9.47 Å². The fraction of sp³-hybridized carbons (Fsp3) is 0.636. The summed E-state index contributed by atoms with van der Waals surface area (Å²) in [6.45, 7) is 3.38. The van der Waals surface area contributed by atoms with Crippen LogP contribution in [0.1, 0.15) is 13.3 Å². The Morgan fingerprint density at radius 3 is 2.94 bits per heavy atom. The summed E-state index contributed by atoms with van der Waals surface area (Å²) in [4.78, 5) is 13.7. The summed E-state index contributed by atoms with van der Waals surface area (Å²) in [6, 6.07) is 0. The van der Waals surface area contributed by atoms with E-state index in [1.807, 2.05) is 0 Å². The van der Waals surface area contributed by atoms with Crippen LogP contribution in [-0.4, -0.2) is 49.4 Å². The van der Waals surface area contributed by atoms with Crippen molar-refractivity contribution in [3.63, 3.8) is 0 Å². The molecule has 1 aliphatic rings. The number of hydrogen-bond acceptors (Lipinski definition) is 5. The minimum Gasteiger partial charge on any atom is -0.449 e. The molecule has 0 atom stereocenters. The lowest BCUT2D eigenvalue weighted by atomic mass is 10.1. The van der Waals surface area contributed by atoms with Crippen LogP contribution in [0, 0.1) is 0 Å². The third kappa shape index (κ3) is 3.58. The Morgan fingerprint density at radius 2 is 2.33 bits per heavy atom. The molecule has 6 nitrogen and oxygen atoms in total. The fourth-order valence-electron chi connectivity index (χ4n) is 1.62. The van der Waals surface area contributed by atoms with E-state index in [0.717, 1.165) is 0 Å². The smallest absolute Gasteiger partial charge is 0.415 e. The second-order valence-corrected chi connectivity index (χ2v) is 4.06. The maximum Gasteiger partial charge on any atom is 0.415 e. The summed E-state index contributed by atoms with van der Waals surface area (Å²) >= 11 is 5.18. The Labute approximate surface area is 112 Å². The SMILES string of the molecule is CCOC(=O)N1CCOCC/C(C(=S)NC)=C\1N. The van der Waals surface area contributed by atoms with Gasteiger partial charge >= 0.3 is 6.09 Å². The number of carbonyl (C=O) groups excluding carboxylic acids is 1. The van der Waals surface area contributed by atoms with E-state index < -0.39 is 6.09 Å². The zero-order valence-corrected chi connectivity index (χ0v) is 11.5. The number of nitrogens with one attached hydrogen (secondary N) is 1. The molecule has 0 unspecified atom stereocenters. The van der Waals surface area contributed by atoms with Gasteiger partial charge in [-0.05, 0) is 6.92 Å². The van der Waals surface area contributed by atoms with Crippen LogP contribution in [0.3, 0.4) is 0 Å². The van der Waals surface area contributed by atoms with Gasteiger partial charge in [-0.1, -0.05) is 12.2 Å². The standard InChI is InChI=1S/C11H19N3O3S/c1-3-17-11(15)14-5-7-16-6-4-8(9(14)12)10(18)13-2/h3-7,12H2,1-2H3,(H,13,18)/b9-8+. The zero-order valence-electron chi connectivity index (χ0n) is 10.7. The minimum atomic E-state index is -0.475. The molecule has 0 aliphatic carbocycles. The molecule has 0 saturated heterocycles. The van der Waals surface area contributed by atoms with Crippen molar-refractivity contribution >= 4 is 23.3 Å². The lowest BCUT2D eigenvalue weighted by Crippen LogP contribution is -2.41. The highest BCUT2D eigenvalue weighted by Crippen LogP contribution is 2.14. The molecule has 0 bridgehead atoms. The van der Waals surface area contributed by atoms with Crippen LogP contribution in [0.5, 0.6) is 0 Å². The number of nitrogens with zero attached hydrogens (tertiary/aromatic N) is 1. The van der Waals surface area contributed by atoms with Crippen molar-refractivity contribution in [1.29, 1.82) is 0 Å². The van der Waals surface area contributed by atoms with Gasteiger partial charge in [0, 0.05) is 19.0 Å². The third-order valence-electron chi connectivity index (χ3n) is 2.54. The second kappa shape index (κ2) is 7.17. The maximum atomic E-state index is 11.8. The molecule has 3 N–H and O–H groups in total. The Hall–Kier alpha value is -1.34. The van der Waals surface area contributed by atoms with Crippen LogP contribution in [0.4, 0.5) is 4.79 Å². The monoisotopic (exact) mass is 273 g/mol. The number of ether oxygens (including phenoxy) is 2. The molecule has 18 heavy (non-hydrogen) atoms. The van der Waals surface area contributed by atoms with E-state index in [1.54, 1.807) is 14.0 Å². The van der Waals surface area contributed by atoms with E-state index in [9.17, 15) is 4.79 Å². The molecule has 102 valence electrons. The highest BCUT2D eigenvalue weighted by Gasteiger charge is 2.23. The van der Waals surface area contributed by atoms with Crippen LogP contribution >= 0.6 is 12.2 Å². The molecule has 0 aromatic carbocycles. The van der Waals surface area contributed by atoms with Crippen molar-refractivity contribution < 1.29 is 14.3 Å². The first-order valence-electron chi connectivity index (χ1n) is 5.84. The van der Waals surface area contributed by atoms with E-state index >= 15 is 0 Å². The van der Waals surface area contributed by atoms with Crippen LogP contribution in [0.2, 0.25) is 0 Å². The average molecular weight is 273 g/mol. The Kier molecular flexibility index (Phi) is 5.87. The Balaban J connectivity index is 3.00. The van der Waals surface area contributed by atoms with E-state index in [1.165, 1.54) is 4.90 Å². The molecule has 0 spiro atoms. The van der Waals surface area contributed by atoms with Crippen molar-refractivity contribution in [3.8, 4) is 0 Å². The van der Waals surface area contributed by atoms with E-state index in [-0.39, 0.29) is 0 Å². The van der Waals surface area contributed by atoms with E-state index in [2.05, 4.69) is 5.32 Å². The van der Waals surface area contributed by atoms with Gasteiger partial charge in [-0.3, -0.25) is 4.90 Å². The zero-order chi connectivity index (χ0) is 13.5. The normalized spacial score (nSPS) is 20.9. The van der Waals surface area contributed by atoms with Crippen molar-refractivity contribution in [2.24, 2.45) is 5.73 Å². The molecule has 1 rings (SSSR count). The van der Waals surface area contributed by atoms with Crippen LogP contribution in [0.15, 0.2) is 11.4 Å². The molecule has 0 aromatic rings. The van der Waals surface area contributed by atoms with Crippen molar-refractivity contribution in [3.05, 3.63) is 11.4 Å². The molecular formula is C11H19N3O3S. The predicted octanol–water partition coefficient (Wildman–Crippen LogP) is 0.582.